The molecule has 0 spiro atoms. The summed E-state index contributed by atoms with van der Waals surface area (Å²) in [6.45, 7) is 15.1. The Morgan fingerprint density at radius 3 is 2.45 bits per heavy atom. The van der Waals surface area contributed by atoms with Crippen LogP contribution in [-0.4, -0.2) is 11.2 Å². The van der Waals surface area contributed by atoms with E-state index in [0.29, 0.717) is 10.8 Å². The summed E-state index contributed by atoms with van der Waals surface area (Å²) in [6, 6.07) is 0. The van der Waals surface area contributed by atoms with E-state index in [2.05, 4.69) is 47.6 Å². The van der Waals surface area contributed by atoms with Gasteiger partial charge in [-0.2, -0.15) is 0 Å². The topological polar surface area (TPSA) is 20.2 Å². The molecule has 0 aromatic carbocycles. The Kier molecular flexibility index (Phi) is 6.04. The third-order valence-electron chi connectivity index (χ3n) is 11.1. The number of aliphatic hydroxyl groups excluding tert-OH is 1. The van der Waals surface area contributed by atoms with Crippen LogP contribution in [0.2, 0.25) is 0 Å². The highest BCUT2D eigenvalue weighted by Gasteiger charge is 2.59. The van der Waals surface area contributed by atoms with Crippen molar-refractivity contribution in [3.8, 4) is 0 Å². The normalized spacial score (nSPS) is 46.5. The van der Waals surface area contributed by atoms with E-state index in [1.54, 1.807) is 5.57 Å². The summed E-state index contributed by atoms with van der Waals surface area (Å²) >= 11 is 0. The van der Waals surface area contributed by atoms with Crippen molar-refractivity contribution in [2.24, 2.45) is 52.3 Å². The van der Waals surface area contributed by atoms with Gasteiger partial charge in [0, 0.05) is 0 Å². The summed E-state index contributed by atoms with van der Waals surface area (Å²) in [6.07, 6.45) is 15.7. The smallest absolute Gasteiger partial charge is 0.0577 e. The number of allylic oxidation sites excluding steroid dienone is 1. The number of hydrogen-bond donors (Lipinski definition) is 1. The minimum atomic E-state index is -0.0790. The maximum atomic E-state index is 10.2. The van der Waals surface area contributed by atoms with E-state index in [0.717, 1.165) is 54.3 Å². The molecular formula is C28H48O. The Morgan fingerprint density at radius 2 is 1.72 bits per heavy atom. The zero-order valence-corrected chi connectivity index (χ0v) is 20.2. The molecule has 0 heterocycles. The van der Waals surface area contributed by atoms with Crippen molar-refractivity contribution in [1.29, 1.82) is 0 Å². The number of hydrogen-bond acceptors (Lipinski definition) is 1. The maximum absolute atomic E-state index is 10.2. The van der Waals surface area contributed by atoms with Crippen molar-refractivity contribution in [3.63, 3.8) is 0 Å². The summed E-state index contributed by atoms with van der Waals surface area (Å²) in [5.74, 6) is 6.24. The molecule has 0 aromatic rings. The molecule has 8 unspecified atom stereocenters. The van der Waals surface area contributed by atoms with Crippen LogP contribution in [0, 0.1) is 52.3 Å². The first kappa shape index (κ1) is 21.9. The standard InChI is InChI=1S/C28H48O/c1-18(2)19(3)7-8-20(4)24-11-12-25-23-10-9-21-17-22(29)13-15-27(21,5)26(23)14-16-28(24,25)6/h9,18-20,22-26,29H,7-8,10-17H2,1-6H3/t19-,20?,22?,23?,24?,25?,26?,27?,28?/m1/s1. The number of aliphatic hydroxyl groups is 1. The van der Waals surface area contributed by atoms with Crippen LogP contribution in [0.25, 0.3) is 0 Å². The predicted octanol–water partition coefficient (Wildman–Crippen LogP) is 7.63. The van der Waals surface area contributed by atoms with Crippen molar-refractivity contribution >= 4 is 0 Å². The van der Waals surface area contributed by atoms with Crippen LogP contribution in [0.5, 0.6) is 0 Å². The Balaban J connectivity index is 1.49. The molecule has 0 amide bonds. The average molecular weight is 401 g/mol. The average Bonchev–Trinajstić information content (AvgIpc) is 3.03. The molecule has 0 bridgehead atoms. The van der Waals surface area contributed by atoms with Crippen LogP contribution in [0.4, 0.5) is 0 Å². The molecule has 1 nitrogen and oxygen atoms in total. The summed E-state index contributed by atoms with van der Waals surface area (Å²) in [5.41, 5.74) is 2.59. The lowest BCUT2D eigenvalue weighted by Gasteiger charge is -2.58. The van der Waals surface area contributed by atoms with E-state index in [-0.39, 0.29) is 6.10 Å². The molecule has 0 radical (unpaired) electrons. The first-order chi connectivity index (χ1) is 13.7. The third-order valence-corrected chi connectivity index (χ3v) is 11.1. The van der Waals surface area contributed by atoms with Gasteiger partial charge in [0.1, 0.15) is 0 Å². The van der Waals surface area contributed by atoms with Gasteiger partial charge in [-0.15, -0.1) is 0 Å². The van der Waals surface area contributed by atoms with Gasteiger partial charge in [0.15, 0.2) is 0 Å². The van der Waals surface area contributed by atoms with Gasteiger partial charge >= 0.3 is 0 Å². The fourth-order valence-corrected chi connectivity index (χ4v) is 8.68. The van der Waals surface area contributed by atoms with Gasteiger partial charge in [-0.1, -0.05) is 66.0 Å². The highest BCUT2D eigenvalue weighted by atomic mass is 16.3. The Labute approximate surface area is 181 Å². The van der Waals surface area contributed by atoms with Gasteiger partial charge in [0.25, 0.3) is 0 Å². The van der Waals surface area contributed by atoms with Crippen LogP contribution in [0.15, 0.2) is 11.6 Å². The molecular weight excluding hydrogens is 352 g/mol. The number of fused-ring (bicyclic) bond motifs is 5. The minimum Gasteiger partial charge on any atom is -0.393 e. The van der Waals surface area contributed by atoms with Gasteiger partial charge in [-0.05, 0) is 104 Å². The third kappa shape index (κ3) is 3.66. The van der Waals surface area contributed by atoms with Gasteiger partial charge in [-0.25, -0.2) is 0 Å². The van der Waals surface area contributed by atoms with Crippen molar-refractivity contribution in [2.45, 2.75) is 112 Å². The Morgan fingerprint density at radius 1 is 0.966 bits per heavy atom. The predicted molar refractivity (Wildman–Crippen MR) is 124 cm³/mol. The largest absolute Gasteiger partial charge is 0.393 e. The van der Waals surface area contributed by atoms with Crippen molar-refractivity contribution in [3.05, 3.63) is 11.6 Å². The molecule has 4 aliphatic rings. The molecule has 9 atom stereocenters. The van der Waals surface area contributed by atoms with E-state index < -0.39 is 0 Å². The van der Waals surface area contributed by atoms with Crippen LogP contribution in [0.1, 0.15) is 106 Å². The van der Waals surface area contributed by atoms with Crippen molar-refractivity contribution in [2.75, 3.05) is 0 Å². The van der Waals surface area contributed by atoms with E-state index in [1.165, 1.54) is 51.4 Å². The lowest BCUT2D eigenvalue weighted by Crippen LogP contribution is -2.50. The molecule has 1 N–H and O–H groups in total. The summed E-state index contributed by atoms with van der Waals surface area (Å²) < 4.78 is 0. The van der Waals surface area contributed by atoms with E-state index >= 15 is 0 Å². The molecule has 166 valence electrons. The molecule has 4 rings (SSSR count). The molecule has 0 saturated heterocycles. The Hall–Kier alpha value is -0.300. The first-order valence-electron chi connectivity index (χ1n) is 13.0. The van der Waals surface area contributed by atoms with E-state index in [9.17, 15) is 5.11 Å². The molecule has 3 saturated carbocycles. The molecule has 0 aliphatic heterocycles. The fraction of sp³-hybridized carbons (Fsp3) is 0.929. The summed E-state index contributed by atoms with van der Waals surface area (Å²) in [4.78, 5) is 0. The number of rotatable bonds is 5. The first-order valence-corrected chi connectivity index (χ1v) is 13.0. The van der Waals surface area contributed by atoms with Crippen LogP contribution in [-0.2, 0) is 0 Å². The van der Waals surface area contributed by atoms with E-state index in [1.807, 2.05) is 0 Å². The second kappa shape index (κ2) is 7.99. The second-order valence-corrected chi connectivity index (χ2v) is 12.7. The van der Waals surface area contributed by atoms with E-state index in [4.69, 9.17) is 0 Å². The van der Waals surface area contributed by atoms with Gasteiger partial charge < -0.3 is 5.11 Å². The van der Waals surface area contributed by atoms with Gasteiger partial charge in [-0.3, -0.25) is 0 Å². The lowest BCUT2D eigenvalue weighted by molar-refractivity contribution is -0.0574. The fourth-order valence-electron chi connectivity index (χ4n) is 8.68. The maximum Gasteiger partial charge on any atom is 0.0577 e. The molecule has 29 heavy (non-hydrogen) atoms. The second-order valence-electron chi connectivity index (χ2n) is 12.7. The quantitative estimate of drug-likeness (QED) is 0.470. The van der Waals surface area contributed by atoms with Crippen molar-refractivity contribution < 1.29 is 5.11 Å². The summed E-state index contributed by atoms with van der Waals surface area (Å²) in [5, 5.41) is 10.2. The summed E-state index contributed by atoms with van der Waals surface area (Å²) in [7, 11) is 0. The zero-order valence-electron chi connectivity index (χ0n) is 20.2. The molecule has 0 aromatic heterocycles. The van der Waals surface area contributed by atoms with Gasteiger partial charge in [0.05, 0.1) is 6.10 Å². The monoisotopic (exact) mass is 400 g/mol. The molecule has 4 aliphatic carbocycles. The minimum absolute atomic E-state index is 0.0790. The SMILES string of the molecule is CC(CC[C@@H](C)C(C)C)C1CCC2C3CC=C4CC(O)CCC4(C)C3CCC12C. The zero-order chi connectivity index (χ0) is 21.0. The lowest BCUT2D eigenvalue weighted by atomic mass is 9.47. The van der Waals surface area contributed by atoms with Crippen LogP contribution >= 0.6 is 0 Å². The highest BCUT2D eigenvalue weighted by molar-refractivity contribution is 5.25. The highest BCUT2D eigenvalue weighted by Crippen LogP contribution is 2.67. The molecule has 1 heteroatoms. The Bertz CT molecular complexity index is 620. The van der Waals surface area contributed by atoms with Gasteiger partial charge in [0.2, 0.25) is 0 Å². The molecule has 3 fully saturated rings. The van der Waals surface area contributed by atoms with Crippen molar-refractivity contribution in [1.82, 2.24) is 0 Å². The van der Waals surface area contributed by atoms with Crippen LogP contribution in [0.3, 0.4) is 0 Å². The van der Waals surface area contributed by atoms with Crippen LogP contribution < -0.4 is 0 Å².